The summed E-state index contributed by atoms with van der Waals surface area (Å²) < 4.78 is 25.3. The summed E-state index contributed by atoms with van der Waals surface area (Å²) in [5.74, 6) is -0.750. The molecule has 0 spiro atoms. The zero-order valence-corrected chi connectivity index (χ0v) is 22.8. The minimum atomic E-state index is -3.41. The molecule has 196 valence electrons. The van der Waals surface area contributed by atoms with Gasteiger partial charge in [-0.15, -0.1) is 10.8 Å². The van der Waals surface area contributed by atoms with Gasteiger partial charge in [0.2, 0.25) is 0 Å². The second-order valence-corrected chi connectivity index (χ2v) is 12.6. The molecule has 37 heavy (non-hydrogen) atoms. The average molecular weight is 562 g/mol. The van der Waals surface area contributed by atoms with Crippen LogP contribution in [0.3, 0.4) is 0 Å². The number of carboxylic acid groups (broad SMARTS) is 1. The maximum absolute atomic E-state index is 11.8. The molecule has 1 fully saturated rings. The third-order valence-corrected chi connectivity index (χ3v) is 10.3. The maximum Gasteiger partial charge on any atom is 0.335 e. The monoisotopic (exact) mass is 560 g/mol. The number of benzene rings is 3. The van der Waals surface area contributed by atoms with Crippen LogP contribution in [0.1, 0.15) is 42.5 Å². The first-order valence-corrected chi connectivity index (χ1v) is 14.6. The van der Waals surface area contributed by atoms with Gasteiger partial charge in [-0.05, 0) is 61.2 Å². The van der Waals surface area contributed by atoms with Gasteiger partial charge in [0.05, 0.1) is 21.2 Å². The second kappa shape index (κ2) is 10.5. The summed E-state index contributed by atoms with van der Waals surface area (Å²) in [6.07, 6.45) is 5.59. The fourth-order valence-corrected chi connectivity index (χ4v) is 7.74. The van der Waals surface area contributed by atoms with Gasteiger partial charge in [-0.3, -0.25) is 9.11 Å². The molecule has 3 aromatic rings. The van der Waals surface area contributed by atoms with Crippen molar-refractivity contribution in [2.45, 2.75) is 43.0 Å². The van der Waals surface area contributed by atoms with E-state index < -0.39 is 16.7 Å². The molecule has 3 N–H and O–H groups in total. The molecule has 1 heterocycles. The van der Waals surface area contributed by atoms with Gasteiger partial charge in [0, 0.05) is 41.5 Å². The summed E-state index contributed by atoms with van der Waals surface area (Å²) in [6, 6.07) is 17.6. The van der Waals surface area contributed by atoms with Gasteiger partial charge in [-0.1, -0.05) is 60.7 Å². The molecule has 3 aromatic carbocycles. The number of anilines is 2. The van der Waals surface area contributed by atoms with E-state index >= 15 is 0 Å². The maximum atomic E-state index is 11.8. The first-order valence-electron chi connectivity index (χ1n) is 12.4. The van der Waals surface area contributed by atoms with E-state index in [0.717, 1.165) is 31.4 Å². The molecular formula is C28H30Cl2N2O4S. The molecule has 0 radical (unpaired) electrons. The summed E-state index contributed by atoms with van der Waals surface area (Å²) in [7, 11) is -1.62. The van der Waals surface area contributed by atoms with Gasteiger partial charge < -0.3 is 10.0 Å². The third kappa shape index (κ3) is 4.97. The van der Waals surface area contributed by atoms with Crippen LogP contribution in [-0.4, -0.2) is 44.1 Å². The van der Waals surface area contributed by atoms with Crippen molar-refractivity contribution in [1.82, 2.24) is 4.31 Å². The van der Waals surface area contributed by atoms with Crippen molar-refractivity contribution in [1.29, 1.82) is 0 Å². The Labute approximate surface area is 228 Å². The number of hydrogen-bond acceptors (Lipinski definition) is 5. The summed E-state index contributed by atoms with van der Waals surface area (Å²) in [6.45, 7) is 0.582. The number of nitrogens with zero attached hydrogens (tertiary/aromatic N) is 2. The highest BCUT2D eigenvalue weighted by Crippen LogP contribution is 2.60. The van der Waals surface area contributed by atoms with Crippen molar-refractivity contribution in [3.63, 3.8) is 0 Å². The van der Waals surface area contributed by atoms with Crippen molar-refractivity contribution in [2.24, 2.45) is 5.92 Å². The van der Waals surface area contributed by atoms with E-state index in [1.54, 1.807) is 23.5 Å². The lowest BCUT2D eigenvalue weighted by molar-refractivity contribution is 0.0697. The zero-order chi connectivity index (χ0) is 26.3. The van der Waals surface area contributed by atoms with Crippen molar-refractivity contribution in [3.05, 3.63) is 76.3 Å². The molecule has 0 saturated heterocycles. The van der Waals surface area contributed by atoms with Crippen LogP contribution in [0.5, 0.6) is 0 Å². The Hall–Kier alpha value is -2.26. The van der Waals surface area contributed by atoms with Crippen molar-refractivity contribution in [2.75, 3.05) is 18.5 Å². The predicted molar refractivity (Wildman–Crippen MR) is 152 cm³/mol. The van der Waals surface area contributed by atoms with Gasteiger partial charge in [0.25, 0.3) is 0 Å². The van der Waals surface area contributed by atoms with Crippen LogP contribution < -0.4 is 4.90 Å². The van der Waals surface area contributed by atoms with E-state index in [4.69, 9.17) is 23.2 Å². The van der Waals surface area contributed by atoms with Crippen LogP contribution in [-0.2, 0) is 0 Å². The number of fused-ring (bicyclic) bond motifs is 1. The lowest BCUT2D eigenvalue weighted by Crippen LogP contribution is -2.45. The van der Waals surface area contributed by atoms with E-state index in [9.17, 15) is 19.0 Å². The smallest absolute Gasteiger partial charge is 0.335 e. The molecule has 1 atom stereocenters. The number of hydrogen-bond donors (Lipinski definition) is 3. The van der Waals surface area contributed by atoms with Crippen LogP contribution in [0.25, 0.3) is 11.1 Å². The number of aromatic carboxylic acids is 1. The molecule has 0 amide bonds. The van der Waals surface area contributed by atoms with Crippen molar-refractivity contribution < 1.29 is 19.0 Å². The SMILES string of the molecule is CN1C(C2CCCCC2)CN(c2ccccc2)c2cc(Cl)c(-c3cc(C(=O)O)ccc3Cl)cc2S1(O)O. The summed E-state index contributed by atoms with van der Waals surface area (Å²) in [4.78, 5) is 14.1. The van der Waals surface area contributed by atoms with Gasteiger partial charge in [0.1, 0.15) is 0 Å². The van der Waals surface area contributed by atoms with Crippen LogP contribution >= 0.6 is 34.0 Å². The first-order chi connectivity index (χ1) is 17.7. The van der Waals surface area contributed by atoms with Gasteiger partial charge in [-0.25, -0.2) is 4.79 Å². The molecule has 1 aliphatic heterocycles. The number of carbonyl (C=O) groups is 1. The number of likely N-dealkylation sites (N-methyl/N-ethyl adjacent to an activating group) is 1. The molecule has 0 aromatic heterocycles. The van der Waals surface area contributed by atoms with E-state index in [0.29, 0.717) is 44.2 Å². The van der Waals surface area contributed by atoms with Gasteiger partial charge >= 0.3 is 5.97 Å². The number of halogens is 2. The minimum Gasteiger partial charge on any atom is -0.478 e. The molecular weight excluding hydrogens is 531 g/mol. The molecule has 2 aliphatic rings. The molecule has 9 heteroatoms. The summed E-state index contributed by atoms with van der Waals surface area (Å²) in [5.41, 5.74) is 2.50. The van der Waals surface area contributed by atoms with E-state index in [1.165, 1.54) is 24.6 Å². The quantitative estimate of drug-likeness (QED) is 0.297. The number of para-hydroxylation sites is 1. The Balaban J connectivity index is 1.71. The average Bonchev–Trinajstić information content (AvgIpc) is 2.97. The minimum absolute atomic E-state index is 0.0670. The second-order valence-electron chi connectivity index (χ2n) is 9.78. The predicted octanol–water partition coefficient (Wildman–Crippen LogP) is 8.42. The molecule has 1 aliphatic carbocycles. The molecule has 6 nitrogen and oxygen atoms in total. The Kier molecular flexibility index (Phi) is 7.47. The Morgan fingerprint density at radius 1 is 0.919 bits per heavy atom. The fraction of sp³-hybridized carbons (Fsp3) is 0.321. The normalized spacial score (nSPS) is 21.2. The molecule has 1 unspecified atom stereocenters. The topological polar surface area (TPSA) is 84.2 Å². The molecule has 5 rings (SSSR count). The van der Waals surface area contributed by atoms with Crippen molar-refractivity contribution in [3.8, 4) is 11.1 Å². The van der Waals surface area contributed by atoms with Crippen LogP contribution in [0, 0.1) is 5.92 Å². The van der Waals surface area contributed by atoms with E-state index in [2.05, 4.69) is 4.90 Å². The Bertz CT molecular complexity index is 1320. The van der Waals surface area contributed by atoms with Gasteiger partial charge in [0.15, 0.2) is 0 Å². The summed E-state index contributed by atoms with van der Waals surface area (Å²) >= 11 is 13.3. The van der Waals surface area contributed by atoms with Crippen molar-refractivity contribution >= 4 is 51.3 Å². The van der Waals surface area contributed by atoms with E-state index in [1.807, 2.05) is 30.3 Å². The van der Waals surface area contributed by atoms with Crippen LogP contribution in [0.4, 0.5) is 11.4 Å². The highest BCUT2D eigenvalue weighted by Gasteiger charge is 2.41. The highest BCUT2D eigenvalue weighted by molar-refractivity contribution is 8.22. The standard InChI is InChI=1S/C28H30Cl2N2O4S/c1-31-26(18-8-4-2-5-9-18)17-32(20-10-6-3-7-11-20)25-16-24(30)22(15-27(25)37(31,35)36)21-14-19(28(33)34)12-13-23(21)29/h3,6-7,10-16,18,26,35-36H,2,4-5,8-9,17H2,1H3,(H,33,34). The van der Waals surface area contributed by atoms with Gasteiger partial charge in [-0.2, -0.15) is 4.31 Å². The highest BCUT2D eigenvalue weighted by atomic mass is 35.5. The summed E-state index contributed by atoms with van der Waals surface area (Å²) in [5, 5.41) is 10.2. The van der Waals surface area contributed by atoms with E-state index in [-0.39, 0.29) is 11.6 Å². The van der Waals surface area contributed by atoms with Crippen LogP contribution in [0.15, 0.2) is 65.6 Å². The van der Waals surface area contributed by atoms with Crippen LogP contribution in [0.2, 0.25) is 10.0 Å². The lowest BCUT2D eigenvalue weighted by atomic mass is 9.83. The third-order valence-electron chi connectivity index (χ3n) is 7.64. The number of carboxylic acids is 1. The largest absolute Gasteiger partial charge is 0.478 e. The lowest BCUT2D eigenvalue weighted by Gasteiger charge is -2.46. The fourth-order valence-electron chi connectivity index (χ4n) is 5.61. The molecule has 1 saturated carbocycles. The zero-order valence-electron chi connectivity index (χ0n) is 20.5. The number of rotatable bonds is 4. The Morgan fingerprint density at radius 3 is 2.27 bits per heavy atom. The Morgan fingerprint density at radius 2 is 1.59 bits per heavy atom. The first kappa shape index (κ1) is 26.4. The molecule has 0 bridgehead atoms.